The number of pyridine rings is 1. The van der Waals surface area contributed by atoms with Crippen LogP contribution in [0.5, 0.6) is 5.88 Å². The number of carbonyl (C=O) groups is 1. The van der Waals surface area contributed by atoms with Crippen molar-refractivity contribution in [2.75, 3.05) is 19.6 Å². The van der Waals surface area contributed by atoms with Crippen molar-refractivity contribution < 1.29 is 34.7 Å². The van der Waals surface area contributed by atoms with E-state index in [1.165, 1.54) is 0 Å². The fourth-order valence-corrected chi connectivity index (χ4v) is 5.75. The number of nitrogens with zero attached hydrogens (tertiary/aromatic N) is 4. The van der Waals surface area contributed by atoms with Gasteiger partial charge in [0.1, 0.15) is 18.3 Å². The van der Waals surface area contributed by atoms with Crippen molar-refractivity contribution in [3.8, 4) is 5.88 Å². The molecule has 0 amide bonds. The van der Waals surface area contributed by atoms with Crippen LogP contribution in [0.3, 0.4) is 0 Å². The Hall–Kier alpha value is -2.31. The number of ether oxygens (including phenoxy) is 2. The molecule has 4 heterocycles. The number of aliphatic carboxylic acids is 1. The van der Waals surface area contributed by atoms with Gasteiger partial charge in [0, 0.05) is 30.5 Å². The third-order valence-corrected chi connectivity index (χ3v) is 7.52. The minimum atomic E-state index is -1.77. The molecule has 2 aliphatic heterocycles. The second kappa shape index (κ2) is 9.62. The summed E-state index contributed by atoms with van der Waals surface area (Å²) in [4.78, 5) is 18.7. The Labute approximate surface area is 203 Å². The summed E-state index contributed by atoms with van der Waals surface area (Å²) < 4.78 is 13.1. The molecular weight excluding hydrogens is 456 g/mol. The number of hydrogen-bond donors (Lipinski definition) is 4. The molecule has 2 saturated heterocycles. The molecule has 2 aromatic rings. The van der Waals surface area contributed by atoms with Gasteiger partial charge in [0.15, 0.2) is 11.8 Å². The Kier molecular flexibility index (Phi) is 6.71. The highest BCUT2D eigenvalue weighted by molar-refractivity contribution is 5.85. The maximum atomic E-state index is 11.5. The standard InChI is InChI=1S/C24H34N4O7/c1-3-9-28-10-8-12(11-28)16-15-13-6-4-5-7-14(13)22(25-21(15)27(2)26-16)35-24-19(31)17(29)18(30)20(34-24)23(32)33/h12,17-20,24,29-31H,3-11H2,1-2H3,(H,32,33)/t12-,17-,18-,19+,20-,24+/m0/s1. The van der Waals surface area contributed by atoms with Gasteiger partial charge in [-0.05, 0) is 57.2 Å². The van der Waals surface area contributed by atoms with Crippen LogP contribution in [0, 0.1) is 0 Å². The first kappa shape index (κ1) is 24.4. The van der Waals surface area contributed by atoms with Gasteiger partial charge in [-0.15, -0.1) is 0 Å². The zero-order valence-corrected chi connectivity index (χ0v) is 20.1. The molecule has 35 heavy (non-hydrogen) atoms. The quantitative estimate of drug-likeness (QED) is 0.446. The van der Waals surface area contributed by atoms with Crippen LogP contribution >= 0.6 is 0 Å². The summed E-state index contributed by atoms with van der Waals surface area (Å²) in [6, 6.07) is 0. The number of carboxylic acids is 1. The van der Waals surface area contributed by atoms with Crippen LogP contribution in [-0.2, 0) is 29.4 Å². The zero-order chi connectivity index (χ0) is 24.9. The predicted octanol–water partition coefficient (Wildman–Crippen LogP) is 0.317. The smallest absolute Gasteiger partial charge is 0.335 e. The highest BCUT2D eigenvalue weighted by atomic mass is 16.7. The van der Waals surface area contributed by atoms with E-state index in [4.69, 9.17) is 19.6 Å². The molecule has 5 rings (SSSR count). The molecule has 0 bridgehead atoms. The number of fused-ring (bicyclic) bond motifs is 3. The fraction of sp³-hybridized carbons (Fsp3) is 0.708. The van der Waals surface area contributed by atoms with E-state index in [1.807, 2.05) is 7.05 Å². The van der Waals surface area contributed by atoms with Crippen molar-refractivity contribution >= 4 is 17.0 Å². The molecule has 3 aliphatic rings. The molecule has 11 nitrogen and oxygen atoms in total. The number of aliphatic hydroxyl groups is 3. The zero-order valence-electron chi connectivity index (χ0n) is 20.1. The minimum Gasteiger partial charge on any atom is -0.479 e. The van der Waals surface area contributed by atoms with E-state index in [0.717, 1.165) is 80.4 Å². The monoisotopic (exact) mass is 490 g/mol. The van der Waals surface area contributed by atoms with Crippen molar-refractivity contribution in [3.05, 3.63) is 16.8 Å². The lowest BCUT2D eigenvalue weighted by atomic mass is 9.88. The van der Waals surface area contributed by atoms with Gasteiger partial charge in [-0.2, -0.15) is 10.1 Å². The van der Waals surface area contributed by atoms with E-state index in [-0.39, 0.29) is 5.88 Å². The summed E-state index contributed by atoms with van der Waals surface area (Å²) >= 11 is 0. The Morgan fingerprint density at radius 2 is 1.89 bits per heavy atom. The third-order valence-electron chi connectivity index (χ3n) is 7.52. The summed E-state index contributed by atoms with van der Waals surface area (Å²) in [7, 11) is 1.85. The largest absolute Gasteiger partial charge is 0.479 e. The number of hydrogen-bond acceptors (Lipinski definition) is 9. The lowest BCUT2D eigenvalue weighted by Gasteiger charge is -2.38. The van der Waals surface area contributed by atoms with Crippen LogP contribution < -0.4 is 4.74 Å². The van der Waals surface area contributed by atoms with Crippen LogP contribution in [0.15, 0.2) is 0 Å². The highest BCUT2D eigenvalue weighted by Crippen LogP contribution is 2.40. The lowest BCUT2D eigenvalue weighted by Crippen LogP contribution is -2.61. The van der Waals surface area contributed by atoms with Gasteiger partial charge in [-0.1, -0.05) is 6.92 Å². The molecular formula is C24H34N4O7. The number of aromatic nitrogens is 3. The lowest BCUT2D eigenvalue weighted by molar-refractivity contribution is -0.271. The number of aryl methyl sites for hydroxylation is 2. The Bertz CT molecular complexity index is 1110. The van der Waals surface area contributed by atoms with Crippen LogP contribution in [0.25, 0.3) is 11.0 Å². The van der Waals surface area contributed by atoms with Crippen LogP contribution in [0.1, 0.15) is 55.3 Å². The second-order valence-corrected chi connectivity index (χ2v) is 9.93. The van der Waals surface area contributed by atoms with Gasteiger partial charge in [-0.3, -0.25) is 4.68 Å². The highest BCUT2D eigenvalue weighted by Gasteiger charge is 2.48. The van der Waals surface area contributed by atoms with Crippen molar-refractivity contribution in [2.45, 2.75) is 82.1 Å². The van der Waals surface area contributed by atoms with Gasteiger partial charge in [0.25, 0.3) is 0 Å². The number of rotatable bonds is 6. The Balaban J connectivity index is 1.52. The maximum absolute atomic E-state index is 11.5. The molecule has 0 aromatic carbocycles. The molecule has 2 aromatic heterocycles. The van der Waals surface area contributed by atoms with Crippen LogP contribution in [0.2, 0.25) is 0 Å². The van der Waals surface area contributed by atoms with Crippen molar-refractivity contribution in [1.29, 1.82) is 0 Å². The van der Waals surface area contributed by atoms with E-state index in [1.54, 1.807) is 4.68 Å². The molecule has 0 radical (unpaired) electrons. The first-order chi connectivity index (χ1) is 16.8. The normalized spacial score (nSPS) is 31.6. The topological polar surface area (TPSA) is 150 Å². The van der Waals surface area contributed by atoms with Gasteiger partial charge >= 0.3 is 5.97 Å². The van der Waals surface area contributed by atoms with E-state index in [9.17, 15) is 25.2 Å². The first-order valence-electron chi connectivity index (χ1n) is 12.5. The maximum Gasteiger partial charge on any atom is 0.335 e. The number of aliphatic hydroxyl groups excluding tert-OH is 3. The van der Waals surface area contributed by atoms with Gasteiger partial charge < -0.3 is 34.8 Å². The molecule has 1 aliphatic carbocycles. The van der Waals surface area contributed by atoms with Crippen molar-refractivity contribution in [2.24, 2.45) is 7.05 Å². The summed E-state index contributed by atoms with van der Waals surface area (Å²) in [5, 5.41) is 45.9. The summed E-state index contributed by atoms with van der Waals surface area (Å²) in [5.41, 5.74) is 3.78. The number of carboxylic acid groups (broad SMARTS) is 1. The first-order valence-corrected chi connectivity index (χ1v) is 12.5. The van der Waals surface area contributed by atoms with Crippen LogP contribution in [-0.4, -0.2) is 96.4 Å². The Morgan fingerprint density at radius 3 is 2.60 bits per heavy atom. The molecule has 2 fully saturated rings. The number of likely N-dealkylation sites (tertiary alicyclic amines) is 1. The second-order valence-electron chi connectivity index (χ2n) is 9.93. The van der Waals surface area contributed by atoms with Gasteiger partial charge in [-0.25, -0.2) is 4.79 Å². The van der Waals surface area contributed by atoms with E-state index in [0.29, 0.717) is 11.6 Å². The summed E-state index contributed by atoms with van der Waals surface area (Å²) in [6.07, 6.45) is -2.63. The summed E-state index contributed by atoms with van der Waals surface area (Å²) in [5.74, 6) is -0.869. The third kappa shape index (κ3) is 4.29. The van der Waals surface area contributed by atoms with E-state index < -0.39 is 36.7 Å². The van der Waals surface area contributed by atoms with E-state index >= 15 is 0 Å². The molecule has 0 saturated carbocycles. The minimum absolute atomic E-state index is 0.248. The van der Waals surface area contributed by atoms with Gasteiger partial charge in [0.05, 0.1) is 5.69 Å². The molecule has 0 spiro atoms. The molecule has 192 valence electrons. The predicted molar refractivity (Wildman–Crippen MR) is 124 cm³/mol. The average molecular weight is 491 g/mol. The van der Waals surface area contributed by atoms with Crippen molar-refractivity contribution in [1.82, 2.24) is 19.7 Å². The molecule has 6 atom stereocenters. The fourth-order valence-electron chi connectivity index (χ4n) is 5.75. The van der Waals surface area contributed by atoms with Crippen LogP contribution in [0.4, 0.5) is 0 Å². The van der Waals surface area contributed by atoms with E-state index in [2.05, 4.69) is 11.8 Å². The average Bonchev–Trinajstić information content (AvgIpc) is 3.44. The Morgan fingerprint density at radius 1 is 1.14 bits per heavy atom. The molecule has 4 N–H and O–H groups in total. The molecule has 11 heteroatoms. The van der Waals surface area contributed by atoms with Crippen molar-refractivity contribution in [3.63, 3.8) is 0 Å². The molecule has 0 unspecified atom stereocenters. The SMILES string of the molecule is CCCN1CC[C@H](c2nn(C)c3nc(O[C@H]4O[C@H](C(=O)O)[C@@H](O)[C@H](O)[C@H]4O)c4c(c23)CCCC4)C1. The summed E-state index contributed by atoms with van der Waals surface area (Å²) in [6.45, 7) is 5.31. The van der Waals surface area contributed by atoms with Gasteiger partial charge in [0.2, 0.25) is 12.2 Å².